The highest BCUT2D eigenvalue weighted by molar-refractivity contribution is 7.86. The molecule has 10 nitrogen and oxygen atoms in total. The molecule has 4 heterocycles. The van der Waals surface area contributed by atoms with Gasteiger partial charge in [-0.2, -0.15) is 22.1 Å². The lowest BCUT2D eigenvalue weighted by molar-refractivity contribution is 0.0692. The van der Waals surface area contributed by atoms with E-state index in [0.717, 1.165) is 11.4 Å². The maximum atomic E-state index is 12.9. The van der Waals surface area contributed by atoms with Crippen molar-refractivity contribution in [3.63, 3.8) is 0 Å². The number of aromatic nitrogens is 5. The molecule has 0 aliphatic carbocycles. The molecule has 1 saturated heterocycles. The van der Waals surface area contributed by atoms with E-state index in [-0.39, 0.29) is 12.6 Å². The second kappa shape index (κ2) is 6.16. The summed E-state index contributed by atoms with van der Waals surface area (Å²) in [5, 5.41) is 12.7. The Morgan fingerprint density at radius 3 is 2.64 bits per heavy atom. The first-order valence-corrected chi connectivity index (χ1v) is 9.62. The highest BCUT2D eigenvalue weighted by Gasteiger charge is 2.37. The molecule has 11 heteroatoms. The van der Waals surface area contributed by atoms with Gasteiger partial charge in [0.1, 0.15) is 5.82 Å². The van der Waals surface area contributed by atoms with Crippen LogP contribution in [0, 0.1) is 0 Å². The lowest BCUT2D eigenvalue weighted by Crippen LogP contribution is -2.51. The van der Waals surface area contributed by atoms with Crippen LogP contribution in [0.2, 0.25) is 0 Å². The SMILES string of the molecule is C[C@H]1CN(S(=O)(=O)N2CCOCC2)Cc2nnc(-c3cnn(C)c3)n21. The molecule has 0 radical (unpaired) electrons. The number of morpholine rings is 1. The fourth-order valence-electron chi connectivity index (χ4n) is 3.34. The Bertz CT molecular complexity index is 869. The van der Waals surface area contributed by atoms with Crippen LogP contribution in [0.25, 0.3) is 11.4 Å². The molecule has 0 amide bonds. The van der Waals surface area contributed by atoms with Crippen LogP contribution in [0.15, 0.2) is 12.4 Å². The van der Waals surface area contributed by atoms with Crippen molar-refractivity contribution in [2.75, 3.05) is 32.8 Å². The molecule has 2 aromatic rings. The minimum atomic E-state index is -3.52. The third-order valence-electron chi connectivity index (χ3n) is 4.58. The van der Waals surface area contributed by atoms with E-state index >= 15 is 0 Å². The predicted octanol–water partition coefficient (Wildman–Crippen LogP) is -0.368. The molecule has 4 rings (SSSR count). The van der Waals surface area contributed by atoms with E-state index in [2.05, 4.69) is 15.3 Å². The van der Waals surface area contributed by atoms with Crippen molar-refractivity contribution in [1.29, 1.82) is 0 Å². The molecule has 2 aromatic heterocycles. The number of hydrogen-bond donors (Lipinski definition) is 0. The van der Waals surface area contributed by atoms with Gasteiger partial charge in [0.25, 0.3) is 10.2 Å². The van der Waals surface area contributed by atoms with E-state index in [1.54, 1.807) is 10.9 Å². The average Bonchev–Trinajstić information content (AvgIpc) is 3.22. The lowest BCUT2D eigenvalue weighted by Gasteiger charge is -2.36. The Morgan fingerprint density at radius 1 is 1.20 bits per heavy atom. The van der Waals surface area contributed by atoms with Crippen molar-refractivity contribution in [3.8, 4) is 11.4 Å². The lowest BCUT2D eigenvalue weighted by atomic mass is 10.2. The Balaban J connectivity index is 1.63. The number of rotatable bonds is 3. The third-order valence-corrected chi connectivity index (χ3v) is 6.53. The van der Waals surface area contributed by atoms with Gasteiger partial charge in [0, 0.05) is 38.9 Å². The number of ether oxygens (including phenoxy) is 1. The monoisotopic (exact) mass is 367 g/mol. The molecule has 136 valence electrons. The standard InChI is InChI=1S/C14H21N7O3S/c1-11-8-20(25(22,23)19-3-5-24-6-4-19)10-13-16-17-14(21(11)13)12-7-15-18(2)9-12/h7,9,11H,3-6,8,10H2,1-2H3/t11-/m0/s1. The van der Waals surface area contributed by atoms with Crippen LogP contribution in [0.1, 0.15) is 18.8 Å². The van der Waals surface area contributed by atoms with E-state index in [1.165, 1.54) is 8.61 Å². The Kier molecular flexibility index (Phi) is 4.10. The zero-order chi connectivity index (χ0) is 17.6. The zero-order valence-electron chi connectivity index (χ0n) is 14.2. The number of aryl methyl sites for hydroxylation is 1. The smallest absolute Gasteiger partial charge is 0.282 e. The topological polar surface area (TPSA) is 98.4 Å². The molecule has 2 aliphatic heterocycles. The first kappa shape index (κ1) is 16.6. The maximum absolute atomic E-state index is 12.9. The molecule has 0 saturated carbocycles. The van der Waals surface area contributed by atoms with Crippen molar-refractivity contribution in [2.45, 2.75) is 19.5 Å². The van der Waals surface area contributed by atoms with Gasteiger partial charge in [-0.3, -0.25) is 4.68 Å². The van der Waals surface area contributed by atoms with Gasteiger partial charge < -0.3 is 9.30 Å². The molecule has 0 bridgehead atoms. The van der Waals surface area contributed by atoms with Crippen molar-refractivity contribution in [3.05, 3.63) is 18.2 Å². The van der Waals surface area contributed by atoms with Gasteiger partial charge in [0.15, 0.2) is 5.82 Å². The average molecular weight is 367 g/mol. The fourth-order valence-corrected chi connectivity index (χ4v) is 4.96. The molecule has 0 aromatic carbocycles. The summed E-state index contributed by atoms with van der Waals surface area (Å²) in [6.07, 6.45) is 3.61. The summed E-state index contributed by atoms with van der Waals surface area (Å²) < 4.78 is 37.7. The van der Waals surface area contributed by atoms with E-state index in [0.29, 0.717) is 38.7 Å². The molecule has 2 aliphatic rings. The number of fused-ring (bicyclic) bond motifs is 1. The van der Waals surface area contributed by atoms with Crippen LogP contribution in [0.5, 0.6) is 0 Å². The van der Waals surface area contributed by atoms with Crippen LogP contribution in [-0.4, -0.2) is 74.4 Å². The van der Waals surface area contributed by atoms with E-state index < -0.39 is 10.2 Å². The van der Waals surface area contributed by atoms with Gasteiger partial charge in [-0.1, -0.05) is 0 Å². The minimum absolute atomic E-state index is 0.0650. The van der Waals surface area contributed by atoms with Gasteiger partial charge in [-0.15, -0.1) is 10.2 Å². The highest BCUT2D eigenvalue weighted by Crippen LogP contribution is 2.29. The second-order valence-corrected chi connectivity index (χ2v) is 8.30. The number of nitrogens with zero attached hydrogens (tertiary/aromatic N) is 7. The molecule has 25 heavy (non-hydrogen) atoms. The first-order chi connectivity index (χ1) is 12.0. The Morgan fingerprint density at radius 2 is 1.96 bits per heavy atom. The van der Waals surface area contributed by atoms with E-state index in [1.807, 2.05) is 24.7 Å². The Hall–Kier alpha value is -1.82. The summed E-state index contributed by atoms with van der Waals surface area (Å²) in [6.45, 7) is 4.23. The van der Waals surface area contributed by atoms with Gasteiger partial charge >= 0.3 is 0 Å². The maximum Gasteiger partial charge on any atom is 0.282 e. The van der Waals surface area contributed by atoms with Crippen LogP contribution in [0.4, 0.5) is 0 Å². The molecular formula is C14H21N7O3S. The minimum Gasteiger partial charge on any atom is -0.379 e. The number of hydrogen-bond acceptors (Lipinski definition) is 6. The summed E-state index contributed by atoms with van der Waals surface area (Å²) in [5.74, 6) is 1.37. The largest absolute Gasteiger partial charge is 0.379 e. The quantitative estimate of drug-likeness (QED) is 0.734. The van der Waals surface area contributed by atoms with Crippen LogP contribution in [-0.2, 0) is 28.5 Å². The highest BCUT2D eigenvalue weighted by atomic mass is 32.2. The predicted molar refractivity (Wildman–Crippen MR) is 88.7 cm³/mol. The fraction of sp³-hybridized carbons (Fsp3) is 0.643. The summed E-state index contributed by atoms with van der Waals surface area (Å²) >= 11 is 0. The van der Waals surface area contributed by atoms with Crippen LogP contribution in [0.3, 0.4) is 0 Å². The van der Waals surface area contributed by atoms with Crippen LogP contribution >= 0.6 is 0 Å². The Labute approximate surface area is 146 Å². The van der Waals surface area contributed by atoms with Gasteiger partial charge in [0.05, 0.1) is 31.5 Å². The van der Waals surface area contributed by atoms with E-state index in [4.69, 9.17) is 4.74 Å². The van der Waals surface area contributed by atoms with Gasteiger partial charge in [0.2, 0.25) is 0 Å². The molecule has 1 fully saturated rings. The normalized spacial score (nSPS) is 22.9. The third kappa shape index (κ3) is 2.86. The summed E-state index contributed by atoms with van der Waals surface area (Å²) in [4.78, 5) is 0. The molecule has 0 unspecified atom stereocenters. The molecular weight excluding hydrogens is 346 g/mol. The van der Waals surface area contributed by atoms with E-state index in [9.17, 15) is 8.42 Å². The first-order valence-electron chi connectivity index (χ1n) is 8.22. The van der Waals surface area contributed by atoms with Crippen molar-refractivity contribution >= 4 is 10.2 Å². The van der Waals surface area contributed by atoms with Gasteiger partial charge in [-0.25, -0.2) is 0 Å². The van der Waals surface area contributed by atoms with Crippen molar-refractivity contribution < 1.29 is 13.2 Å². The second-order valence-electron chi connectivity index (χ2n) is 6.37. The van der Waals surface area contributed by atoms with Gasteiger partial charge in [-0.05, 0) is 6.92 Å². The van der Waals surface area contributed by atoms with Crippen molar-refractivity contribution in [2.24, 2.45) is 7.05 Å². The summed E-state index contributed by atoms with van der Waals surface area (Å²) in [6, 6.07) is -0.0650. The summed E-state index contributed by atoms with van der Waals surface area (Å²) in [7, 11) is -1.68. The summed E-state index contributed by atoms with van der Waals surface area (Å²) in [5.41, 5.74) is 0.873. The zero-order valence-corrected chi connectivity index (χ0v) is 15.1. The van der Waals surface area contributed by atoms with Crippen LogP contribution < -0.4 is 0 Å². The molecule has 0 spiro atoms. The molecule has 1 atom stereocenters. The molecule has 0 N–H and O–H groups in total. The van der Waals surface area contributed by atoms with Crippen molar-refractivity contribution in [1.82, 2.24) is 33.2 Å².